The van der Waals surface area contributed by atoms with E-state index in [0.29, 0.717) is 11.5 Å². The molecule has 0 fully saturated rings. The molecule has 1 aromatic carbocycles. The van der Waals surface area contributed by atoms with Gasteiger partial charge in [0.15, 0.2) is 0 Å². The first-order valence-corrected chi connectivity index (χ1v) is 8.55. The summed E-state index contributed by atoms with van der Waals surface area (Å²) in [5.41, 5.74) is 11.5. The molecule has 0 radical (unpaired) electrons. The molecule has 2 aromatic heterocycles. The lowest BCUT2D eigenvalue weighted by Gasteiger charge is -2.06. The van der Waals surface area contributed by atoms with Crippen LogP contribution in [-0.2, 0) is 13.6 Å². The summed E-state index contributed by atoms with van der Waals surface area (Å²) in [5, 5.41) is 4.69. The highest BCUT2D eigenvalue weighted by molar-refractivity contribution is 7.80. The summed E-state index contributed by atoms with van der Waals surface area (Å²) < 4.78 is 4.49. The number of fused-ring (bicyclic) bond motifs is 1. The van der Waals surface area contributed by atoms with Crippen LogP contribution in [0.15, 0.2) is 16.9 Å². The van der Waals surface area contributed by atoms with Crippen molar-refractivity contribution in [3.8, 4) is 11.3 Å². The largest absolute Gasteiger partial charge is 0.388 e. The van der Waals surface area contributed by atoms with Crippen LogP contribution in [0.4, 0.5) is 0 Å². The van der Waals surface area contributed by atoms with E-state index in [4.69, 9.17) is 18.0 Å². The van der Waals surface area contributed by atoms with E-state index in [1.54, 1.807) is 11.6 Å². The molecule has 7 heteroatoms. The normalized spacial score (nSPS) is 11.3. The highest BCUT2D eigenvalue weighted by atomic mass is 32.1. The quantitative estimate of drug-likeness (QED) is 0.741. The van der Waals surface area contributed by atoms with Gasteiger partial charge in [0.1, 0.15) is 4.99 Å². The van der Waals surface area contributed by atoms with Gasteiger partial charge in [-0.1, -0.05) is 23.6 Å². The van der Waals surface area contributed by atoms with Crippen LogP contribution in [0.1, 0.15) is 23.7 Å². The van der Waals surface area contributed by atoms with E-state index in [1.165, 1.54) is 11.3 Å². The number of aryl methyl sites for hydroxylation is 3. The number of thiocarbonyl (C=S) groups is 1. The van der Waals surface area contributed by atoms with Crippen molar-refractivity contribution in [2.45, 2.75) is 27.3 Å². The lowest BCUT2D eigenvalue weighted by molar-refractivity contribution is 0.656. The average Bonchev–Trinajstić information content (AvgIpc) is 2.96. The molecule has 0 aliphatic heterocycles. The van der Waals surface area contributed by atoms with Gasteiger partial charge < -0.3 is 10.3 Å². The predicted molar refractivity (Wildman–Crippen MR) is 99.3 cm³/mol. The Morgan fingerprint density at radius 2 is 2.09 bits per heavy atom. The van der Waals surface area contributed by atoms with E-state index in [9.17, 15) is 4.79 Å². The molecule has 0 amide bonds. The fourth-order valence-corrected chi connectivity index (χ4v) is 4.10. The Balaban J connectivity index is 2.32. The molecule has 23 heavy (non-hydrogen) atoms. The Hall–Kier alpha value is -1.99. The molecule has 0 bridgehead atoms. The smallest absolute Gasteiger partial charge is 0.307 e. The van der Waals surface area contributed by atoms with Crippen LogP contribution in [-0.4, -0.2) is 19.3 Å². The molecular weight excluding hydrogens is 328 g/mol. The van der Waals surface area contributed by atoms with Gasteiger partial charge in [0.05, 0.1) is 21.6 Å². The van der Waals surface area contributed by atoms with Gasteiger partial charge in [-0.15, -0.1) is 0 Å². The second-order valence-corrected chi connectivity index (χ2v) is 7.00. The number of nitrogens with zero attached hydrogens (tertiary/aromatic N) is 3. The maximum Gasteiger partial charge on any atom is 0.307 e. The summed E-state index contributed by atoms with van der Waals surface area (Å²) in [4.78, 5) is 12.3. The number of hydrogen-bond acceptors (Lipinski definition) is 4. The number of aromatic nitrogens is 3. The van der Waals surface area contributed by atoms with Gasteiger partial charge >= 0.3 is 4.87 Å². The van der Waals surface area contributed by atoms with Crippen LogP contribution >= 0.6 is 23.6 Å². The van der Waals surface area contributed by atoms with Crippen molar-refractivity contribution < 1.29 is 0 Å². The van der Waals surface area contributed by atoms with E-state index >= 15 is 0 Å². The molecule has 0 aliphatic carbocycles. The van der Waals surface area contributed by atoms with Crippen LogP contribution in [0.5, 0.6) is 0 Å². The maximum atomic E-state index is 11.9. The monoisotopic (exact) mass is 346 g/mol. The SMILES string of the molecule is CCn1nc(-c2cc3c(cc2C)sc(=O)n3C)c(C)c1C(N)=S. The zero-order valence-electron chi connectivity index (χ0n) is 13.5. The Kier molecular flexibility index (Phi) is 3.85. The van der Waals surface area contributed by atoms with Crippen molar-refractivity contribution in [3.63, 3.8) is 0 Å². The Morgan fingerprint density at radius 3 is 2.65 bits per heavy atom. The Morgan fingerprint density at radius 1 is 1.39 bits per heavy atom. The minimum Gasteiger partial charge on any atom is -0.388 e. The third-order valence-electron chi connectivity index (χ3n) is 4.12. The number of thiazole rings is 1. The molecule has 0 atom stereocenters. The number of hydrogen-bond donors (Lipinski definition) is 1. The zero-order valence-corrected chi connectivity index (χ0v) is 15.1. The van der Waals surface area contributed by atoms with Crippen LogP contribution in [0.25, 0.3) is 21.5 Å². The van der Waals surface area contributed by atoms with Crippen molar-refractivity contribution in [1.29, 1.82) is 0 Å². The van der Waals surface area contributed by atoms with Gasteiger partial charge in [-0.25, -0.2) is 0 Å². The molecule has 3 rings (SSSR count). The van der Waals surface area contributed by atoms with E-state index in [-0.39, 0.29) is 4.87 Å². The van der Waals surface area contributed by atoms with E-state index in [1.807, 2.05) is 37.6 Å². The molecule has 2 N–H and O–H groups in total. The summed E-state index contributed by atoms with van der Waals surface area (Å²) in [6, 6.07) is 4.07. The highest BCUT2D eigenvalue weighted by Crippen LogP contribution is 2.31. The van der Waals surface area contributed by atoms with E-state index in [2.05, 4.69) is 5.10 Å². The molecular formula is C16H18N4OS2. The van der Waals surface area contributed by atoms with Crippen molar-refractivity contribution >= 4 is 38.8 Å². The minimum absolute atomic E-state index is 0.0381. The number of rotatable bonds is 3. The van der Waals surface area contributed by atoms with Crippen LogP contribution < -0.4 is 10.6 Å². The van der Waals surface area contributed by atoms with Gasteiger partial charge in [-0.05, 0) is 38.5 Å². The Bertz CT molecular complexity index is 994. The average molecular weight is 346 g/mol. The van der Waals surface area contributed by atoms with E-state index < -0.39 is 0 Å². The first-order chi connectivity index (χ1) is 10.8. The second-order valence-electron chi connectivity index (χ2n) is 5.56. The third-order valence-corrected chi connectivity index (χ3v) is 5.30. The van der Waals surface area contributed by atoms with Crippen LogP contribution in [0.2, 0.25) is 0 Å². The molecule has 0 saturated carbocycles. The van der Waals surface area contributed by atoms with Crippen molar-refractivity contribution in [2.24, 2.45) is 12.8 Å². The molecule has 0 aliphatic rings. The molecule has 3 aromatic rings. The van der Waals surface area contributed by atoms with Crippen LogP contribution in [0.3, 0.4) is 0 Å². The molecule has 5 nitrogen and oxygen atoms in total. The van der Waals surface area contributed by atoms with Gasteiger partial charge in [0, 0.05) is 24.7 Å². The minimum atomic E-state index is 0.0381. The van der Waals surface area contributed by atoms with Crippen molar-refractivity contribution in [2.75, 3.05) is 0 Å². The molecule has 0 unspecified atom stereocenters. The fourth-order valence-electron chi connectivity index (χ4n) is 2.88. The summed E-state index contributed by atoms with van der Waals surface area (Å²) in [5.74, 6) is 0. The second kappa shape index (κ2) is 5.58. The molecule has 2 heterocycles. The summed E-state index contributed by atoms with van der Waals surface area (Å²) in [7, 11) is 1.79. The Labute approximate surface area is 143 Å². The zero-order chi connectivity index (χ0) is 16.9. The lowest BCUT2D eigenvalue weighted by atomic mass is 10.0. The van der Waals surface area contributed by atoms with Crippen molar-refractivity contribution in [3.05, 3.63) is 38.6 Å². The summed E-state index contributed by atoms with van der Waals surface area (Å²) in [6.45, 7) is 6.73. The van der Waals surface area contributed by atoms with Gasteiger partial charge in [0.25, 0.3) is 0 Å². The number of benzene rings is 1. The standard InChI is InChI=1S/C16H18N4OS2/c1-5-20-14(15(17)22)9(3)13(18-20)10-7-11-12(6-8(10)2)23-16(21)19(11)4/h6-7H,5H2,1-4H3,(H2,17,22). The molecule has 0 saturated heterocycles. The maximum absolute atomic E-state index is 11.9. The summed E-state index contributed by atoms with van der Waals surface area (Å²) in [6.07, 6.45) is 0. The molecule has 0 spiro atoms. The molecule has 120 valence electrons. The third kappa shape index (κ3) is 2.40. The van der Waals surface area contributed by atoms with Crippen LogP contribution in [0, 0.1) is 13.8 Å². The number of nitrogens with two attached hydrogens (primary N) is 1. The first kappa shape index (κ1) is 15.9. The van der Waals surface area contributed by atoms with E-state index in [0.717, 1.165) is 38.3 Å². The van der Waals surface area contributed by atoms with Crippen molar-refractivity contribution in [1.82, 2.24) is 14.3 Å². The van der Waals surface area contributed by atoms with Gasteiger partial charge in [-0.2, -0.15) is 5.10 Å². The lowest BCUT2D eigenvalue weighted by Crippen LogP contribution is -2.17. The topological polar surface area (TPSA) is 65.8 Å². The first-order valence-electron chi connectivity index (χ1n) is 7.32. The fraction of sp³-hybridized carbons (Fsp3) is 0.312. The van der Waals surface area contributed by atoms with Gasteiger partial charge in [0.2, 0.25) is 0 Å². The predicted octanol–water partition coefficient (Wildman–Crippen LogP) is 2.73. The highest BCUT2D eigenvalue weighted by Gasteiger charge is 2.19. The summed E-state index contributed by atoms with van der Waals surface area (Å²) >= 11 is 6.43. The van der Waals surface area contributed by atoms with Gasteiger partial charge in [-0.3, -0.25) is 9.48 Å².